The van der Waals surface area contributed by atoms with Crippen LogP contribution in [0.15, 0.2) is 42.5 Å². The van der Waals surface area contributed by atoms with Crippen LogP contribution in [0.1, 0.15) is 0 Å². The Hall–Kier alpha value is -4.28. The molecule has 0 heterocycles. The van der Waals surface area contributed by atoms with Crippen LogP contribution in [-0.4, -0.2) is 62.9 Å². The molecule has 39 heavy (non-hydrogen) atoms. The summed E-state index contributed by atoms with van der Waals surface area (Å²) in [6, 6.07) is 10.4. The van der Waals surface area contributed by atoms with Gasteiger partial charge in [0, 0.05) is 38.2 Å². The Labute approximate surface area is 240 Å². The number of hydrogen-bond acceptors (Lipinski definition) is 12. The fourth-order valence-electron chi connectivity index (χ4n) is 2.73. The van der Waals surface area contributed by atoms with Crippen molar-refractivity contribution in [1.29, 1.82) is 0 Å². The fourth-order valence-corrected chi connectivity index (χ4v) is 2.73. The van der Waals surface area contributed by atoms with Crippen molar-refractivity contribution in [3.05, 3.63) is 60.0 Å². The number of aromatic hydroxyl groups is 3. The number of phenolic OH excluding ortho intramolecular Hbond substituents is 3. The first kappa shape index (κ1) is 36.9. The first-order chi connectivity index (χ1) is 17.6. The zero-order valence-corrected chi connectivity index (χ0v) is 24.0. The molecule has 0 fully saturated rings. The van der Waals surface area contributed by atoms with Crippen LogP contribution < -0.4 is 34.2 Å². The molecular weight excluding hydrogens is 611 g/mol. The van der Waals surface area contributed by atoms with Crippen molar-refractivity contribution < 1.29 is 69.1 Å². The normalized spacial score (nSPS) is 8.97. The number of benzene rings is 3. The second-order valence-electron chi connectivity index (χ2n) is 6.74. The molecule has 13 nitrogen and oxygen atoms in total. The van der Waals surface area contributed by atoms with Gasteiger partial charge in [-0.15, -0.1) is 0 Å². The molecule has 3 aromatic carbocycles. The van der Waals surface area contributed by atoms with E-state index >= 15 is 0 Å². The maximum Gasteiger partial charge on any atom is 0.277 e. The van der Waals surface area contributed by atoms with Gasteiger partial charge in [0.25, 0.3) is 5.69 Å². The van der Waals surface area contributed by atoms with Crippen molar-refractivity contribution in [2.45, 2.75) is 0 Å². The molecule has 5 N–H and O–H groups in total. The number of nitro benzene ring substituents is 1. The van der Waals surface area contributed by atoms with E-state index in [4.69, 9.17) is 34.2 Å². The number of nitrogens with zero attached hydrogens (tertiary/aromatic N) is 1. The van der Waals surface area contributed by atoms with E-state index in [-0.39, 0.29) is 62.3 Å². The predicted octanol–water partition coefficient (Wildman–Crippen LogP) is 4.17. The van der Waals surface area contributed by atoms with E-state index in [1.54, 1.807) is 18.2 Å². The molecule has 0 amide bonds. The van der Waals surface area contributed by atoms with Crippen LogP contribution in [0.2, 0.25) is 0 Å². The van der Waals surface area contributed by atoms with Crippen LogP contribution >= 0.6 is 0 Å². The number of nitrogens with two attached hydrogens (primary N) is 1. The molecule has 0 aliphatic heterocycles. The third-order valence-electron chi connectivity index (χ3n) is 4.58. The van der Waals surface area contributed by atoms with E-state index in [0.29, 0.717) is 28.7 Å². The molecule has 0 radical (unpaired) electrons. The van der Waals surface area contributed by atoms with Gasteiger partial charge in [0.2, 0.25) is 17.2 Å². The van der Waals surface area contributed by atoms with Gasteiger partial charge in [-0.1, -0.05) is 6.07 Å². The Bertz CT molecular complexity index is 1120. The largest absolute Gasteiger partial charge is 0.502 e. The second kappa shape index (κ2) is 18.1. The molecule has 0 bridgehead atoms. The maximum absolute atomic E-state index is 10.5. The van der Waals surface area contributed by atoms with E-state index in [1.165, 1.54) is 54.8 Å². The molecule has 3 aromatic rings. The van der Waals surface area contributed by atoms with Crippen LogP contribution in [-0.2, 0) is 20.4 Å². The fraction of sp³-hybridized carbons (Fsp3) is 0.240. The van der Waals surface area contributed by atoms with Gasteiger partial charge >= 0.3 is 0 Å². The molecule has 0 spiro atoms. The number of para-hydroxylation sites is 1. The molecule has 14 heteroatoms. The van der Waals surface area contributed by atoms with Crippen molar-refractivity contribution in [2.75, 3.05) is 48.4 Å². The minimum Gasteiger partial charge on any atom is -0.502 e. The monoisotopic (exact) mass is 643 g/mol. The molecular formula is C25H33N2O11Pd-. The quantitative estimate of drug-likeness (QED) is 0.0720. The topological polar surface area (TPSA) is 185 Å². The van der Waals surface area contributed by atoms with Crippen molar-refractivity contribution in [1.82, 2.24) is 0 Å². The number of phenols is 3. The van der Waals surface area contributed by atoms with E-state index in [2.05, 4.69) is 0 Å². The summed E-state index contributed by atoms with van der Waals surface area (Å²) in [6.07, 6.45) is 0. The first-order valence-corrected chi connectivity index (χ1v) is 10.3. The molecule has 0 aromatic heterocycles. The molecule has 0 atom stereocenters. The minimum atomic E-state index is -0.593. The number of nitrogen functional groups attached to an aromatic ring is 1. The summed E-state index contributed by atoms with van der Waals surface area (Å²) in [6.45, 7) is 0. The summed E-state index contributed by atoms with van der Waals surface area (Å²) in [5.41, 5.74) is 5.80. The summed E-state index contributed by atoms with van der Waals surface area (Å²) in [5, 5.41) is 38.6. The van der Waals surface area contributed by atoms with Gasteiger partial charge < -0.3 is 56.9 Å². The van der Waals surface area contributed by atoms with Crippen LogP contribution in [0, 0.1) is 17.5 Å². The number of ether oxygens (including phenoxy) is 6. The number of nitro groups is 1. The van der Waals surface area contributed by atoms with Gasteiger partial charge in [-0.05, 0) is 12.1 Å². The second-order valence-corrected chi connectivity index (χ2v) is 6.74. The van der Waals surface area contributed by atoms with E-state index in [0.717, 1.165) is 12.1 Å². The molecule has 220 valence electrons. The summed E-state index contributed by atoms with van der Waals surface area (Å²) >= 11 is 0. The third-order valence-corrected chi connectivity index (χ3v) is 4.58. The number of anilines is 1. The zero-order valence-electron chi connectivity index (χ0n) is 22.5. The Kier molecular flexibility index (Phi) is 17.1. The predicted molar refractivity (Wildman–Crippen MR) is 141 cm³/mol. The average Bonchev–Trinajstić information content (AvgIpc) is 2.90. The Morgan fingerprint density at radius 1 is 0.641 bits per heavy atom. The maximum atomic E-state index is 10.5. The number of hydrogen-bond donors (Lipinski definition) is 4. The number of non-ortho nitro benzene ring substituents is 1. The van der Waals surface area contributed by atoms with Crippen molar-refractivity contribution in [2.24, 2.45) is 0 Å². The van der Waals surface area contributed by atoms with Gasteiger partial charge in [0.15, 0.2) is 34.5 Å². The smallest absolute Gasteiger partial charge is 0.277 e. The van der Waals surface area contributed by atoms with Crippen LogP contribution in [0.4, 0.5) is 11.4 Å². The van der Waals surface area contributed by atoms with Crippen molar-refractivity contribution >= 4 is 11.4 Å². The number of methoxy groups -OCH3 is 6. The Balaban J connectivity index is 0. The molecule has 0 aliphatic rings. The van der Waals surface area contributed by atoms with Crippen molar-refractivity contribution in [3.63, 3.8) is 0 Å². The SMILES string of the molecule is COc1cc(N)cc(OC)c1O.COc1cc([N+](=O)[O-])cc(OC)c1O.COc1cccc(OC)c1O.[CH3-].[Pd]. The van der Waals surface area contributed by atoms with E-state index in [1.807, 2.05) is 0 Å². The van der Waals surface area contributed by atoms with Crippen molar-refractivity contribution in [3.8, 4) is 51.7 Å². The molecule has 3 rings (SSSR count). The van der Waals surface area contributed by atoms with Gasteiger partial charge in [-0.25, -0.2) is 0 Å². The minimum absolute atomic E-state index is 0. The van der Waals surface area contributed by atoms with Gasteiger partial charge in [-0.2, -0.15) is 0 Å². The third kappa shape index (κ3) is 10.2. The molecule has 0 saturated heterocycles. The molecule has 0 unspecified atom stereocenters. The van der Waals surface area contributed by atoms with Gasteiger partial charge in [-0.3, -0.25) is 10.1 Å². The first-order valence-electron chi connectivity index (χ1n) is 10.3. The van der Waals surface area contributed by atoms with E-state index in [9.17, 15) is 25.4 Å². The summed E-state index contributed by atoms with van der Waals surface area (Å²) in [7, 11) is 8.50. The zero-order chi connectivity index (χ0) is 28.1. The Morgan fingerprint density at radius 2 is 0.923 bits per heavy atom. The summed E-state index contributed by atoms with van der Waals surface area (Å²) in [5.74, 6) is 1.24. The van der Waals surface area contributed by atoms with Crippen LogP contribution in [0.25, 0.3) is 0 Å². The van der Waals surface area contributed by atoms with Crippen LogP contribution in [0.3, 0.4) is 0 Å². The van der Waals surface area contributed by atoms with Gasteiger partial charge in [0.05, 0.1) is 59.7 Å². The average molecular weight is 644 g/mol. The summed E-state index contributed by atoms with van der Waals surface area (Å²) < 4.78 is 28.9. The van der Waals surface area contributed by atoms with Gasteiger partial charge in [0.1, 0.15) is 0 Å². The van der Waals surface area contributed by atoms with E-state index < -0.39 is 4.92 Å². The number of rotatable bonds is 7. The molecule has 0 saturated carbocycles. The van der Waals surface area contributed by atoms with Crippen LogP contribution in [0.5, 0.6) is 51.7 Å². The summed E-state index contributed by atoms with van der Waals surface area (Å²) in [4.78, 5) is 9.87. The molecule has 0 aliphatic carbocycles. The Morgan fingerprint density at radius 3 is 1.21 bits per heavy atom. The standard InChI is InChI=1S/C8H9NO5.C8H11NO3.C8H10O3.CH3.Pd/c1-13-6-3-5(9(11)12)4-7(14-2)8(6)10;1-11-6-3-5(9)4-7(12-2)8(6)10;1-10-6-4-3-5-7(11-2)8(6)9;;/h3-4,10H,1-2H3;3-4,10H,9H2,1-2H3;3-5,9H,1-2H3;1H3;/q;;;-1;.